The number of ether oxygens (including phenoxy) is 1. The third kappa shape index (κ3) is 1.67. The Hall–Kier alpha value is -2.40. The molecule has 1 aliphatic carbocycles. The summed E-state index contributed by atoms with van der Waals surface area (Å²) in [5.74, 6) is -0.0312. The Morgan fingerprint density at radius 1 is 1.10 bits per heavy atom. The van der Waals surface area contributed by atoms with Crippen LogP contribution >= 0.6 is 0 Å². The molecule has 1 aliphatic rings. The van der Waals surface area contributed by atoms with Gasteiger partial charge in [0, 0.05) is 23.9 Å². The molecule has 0 bridgehead atoms. The minimum Gasteiger partial charge on any atom is -0.454 e. The molecule has 0 amide bonds. The molecule has 2 N–H and O–H groups in total. The number of nitrogen functional groups attached to an aromatic ring is 1. The van der Waals surface area contributed by atoms with Gasteiger partial charge in [-0.3, -0.25) is 9.59 Å². The van der Waals surface area contributed by atoms with Gasteiger partial charge in [0.2, 0.25) is 5.78 Å². The van der Waals surface area contributed by atoms with Gasteiger partial charge in [0.05, 0.1) is 5.56 Å². The lowest BCUT2D eigenvalue weighted by molar-refractivity contribution is 0.0907. The Labute approximate surface area is 115 Å². The first-order valence-corrected chi connectivity index (χ1v) is 6.18. The van der Waals surface area contributed by atoms with E-state index in [9.17, 15) is 9.59 Å². The summed E-state index contributed by atoms with van der Waals surface area (Å²) in [6.45, 7) is 1.78. The molecule has 20 heavy (non-hydrogen) atoms. The molecule has 0 saturated heterocycles. The molecule has 0 fully saturated rings. The Bertz CT molecular complexity index is 729. The van der Waals surface area contributed by atoms with Crippen molar-refractivity contribution in [1.82, 2.24) is 0 Å². The number of furan rings is 1. The zero-order valence-corrected chi connectivity index (χ0v) is 11.1. The van der Waals surface area contributed by atoms with Gasteiger partial charge in [-0.25, -0.2) is 0 Å². The van der Waals surface area contributed by atoms with Crippen LogP contribution in [-0.4, -0.2) is 18.7 Å². The highest BCUT2D eigenvalue weighted by atomic mass is 16.5. The number of nitrogens with two attached hydrogens (primary N) is 1. The Morgan fingerprint density at radius 2 is 1.85 bits per heavy atom. The van der Waals surface area contributed by atoms with Gasteiger partial charge in [0.1, 0.15) is 11.9 Å². The lowest BCUT2D eigenvalue weighted by atomic mass is 9.88. The van der Waals surface area contributed by atoms with E-state index < -0.39 is 0 Å². The molecule has 0 aliphatic heterocycles. The number of anilines is 1. The summed E-state index contributed by atoms with van der Waals surface area (Å²) in [4.78, 5) is 24.8. The average molecular weight is 271 g/mol. The van der Waals surface area contributed by atoms with Gasteiger partial charge in [-0.15, -0.1) is 0 Å². The summed E-state index contributed by atoms with van der Waals surface area (Å²) >= 11 is 0. The first-order valence-electron chi connectivity index (χ1n) is 6.18. The molecule has 1 aromatic carbocycles. The van der Waals surface area contributed by atoms with Crippen LogP contribution in [0.25, 0.3) is 0 Å². The van der Waals surface area contributed by atoms with E-state index in [0.717, 1.165) is 0 Å². The Morgan fingerprint density at radius 3 is 2.55 bits per heavy atom. The summed E-state index contributed by atoms with van der Waals surface area (Å²) in [6.07, 6.45) is -0.325. The van der Waals surface area contributed by atoms with Crippen molar-refractivity contribution in [2.75, 3.05) is 12.8 Å². The van der Waals surface area contributed by atoms with Crippen LogP contribution < -0.4 is 5.73 Å². The molecule has 5 nitrogen and oxygen atoms in total. The molecule has 2 aromatic rings. The summed E-state index contributed by atoms with van der Waals surface area (Å²) in [6, 6.07) is 6.25. The molecular weight excluding hydrogens is 258 g/mol. The molecule has 1 aromatic heterocycles. The molecule has 5 heteroatoms. The largest absolute Gasteiger partial charge is 0.454 e. The third-order valence-electron chi connectivity index (χ3n) is 3.49. The van der Waals surface area contributed by atoms with E-state index in [2.05, 4.69) is 0 Å². The van der Waals surface area contributed by atoms with E-state index in [4.69, 9.17) is 14.9 Å². The van der Waals surface area contributed by atoms with Crippen LogP contribution in [0.1, 0.15) is 50.8 Å². The standard InChI is InChI=1S/C15H13NO4/c1-7(19-2)12-6-11-13(17)9-4-3-8(16)5-10(9)14(18)15(11)20-12/h3-7H,16H2,1-2H3. The maximum Gasteiger partial charge on any atom is 0.229 e. The van der Waals surface area contributed by atoms with Gasteiger partial charge in [-0.05, 0) is 31.2 Å². The van der Waals surface area contributed by atoms with Crippen molar-refractivity contribution < 1.29 is 18.7 Å². The lowest BCUT2D eigenvalue weighted by Crippen LogP contribution is -2.19. The molecule has 1 unspecified atom stereocenters. The van der Waals surface area contributed by atoms with Gasteiger partial charge in [0.15, 0.2) is 11.5 Å². The van der Waals surface area contributed by atoms with Crippen LogP contribution in [-0.2, 0) is 4.74 Å². The fourth-order valence-electron chi connectivity index (χ4n) is 2.28. The fourth-order valence-corrected chi connectivity index (χ4v) is 2.28. The summed E-state index contributed by atoms with van der Waals surface area (Å²) < 4.78 is 10.6. The number of hydrogen-bond acceptors (Lipinski definition) is 5. The van der Waals surface area contributed by atoms with E-state index in [1.165, 1.54) is 13.2 Å². The monoisotopic (exact) mass is 271 g/mol. The molecular formula is C15H13NO4. The molecule has 0 saturated carbocycles. The van der Waals surface area contributed by atoms with Crippen LogP contribution in [0.4, 0.5) is 5.69 Å². The van der Waals surface area contributed by atoms with Gasteiger partial charge >= 0.3 is 0 Å². The van der Waals surface area contributed by atoms with Gasteiger partial charge < -0.3 is 14.9 Å². The number of carbonyl (C=O) groups is 2. The van der Waals surface area contributed by atoms with E-state index in [0.29, 0.717) is 17.0 Å². The van der Waals surface area contributed by atoms with Crippen molar-refractivity contribution in [1.29, 1.82) is 0 Å². The summed E-state index contributed by atoms with van der Waals surface area (Å²) in [5.41, 5.74) is 7.03. The minimum atomic E-state index is -0.325. The van der Waals surface area contributed by atoms with Crippen molar-refractivity contribution in [3.05, 3.63) is 52.5 Å². The second-order valence-electron chi connectivity index (χ2n) is 4.73. The predicted molar refractivity (Wildman–Crippen MR) is 71.9 cm³/mol. The average Bonchev–Trinajstić information content (AvgIpc) is 2.89. The van der Waals surface area contributed by atoms with E-state index in [1.807, 2.05) is 0 Å². The summed E-state index contributed by atoms with van der Waals surface area (Å²) in [7, 11) is 1.53. The number of fused-ring (bicyclic) bond motifs is 2. The zero-order valence-electron chi connectivity index (χ0n) is 11.1. The predicted octanol–water partition coefficient (Wildman–Crippen LogP) is 2.34. The van der Waals surface area contributed by atoms with Gasteiger partial charge in [0.25, 0.3) is 0 Å². The topological polar surface area (TPSA) is 82.5 Å². The zero-order chi connectivity index (χ0) is 14.4. The van der Waals surface area contributed by atoms with Crippen LogP contribution in [0.2, 0.25) is 0 Å². The number of carbonyl (C=O) groups excluding carboxylic acids is 2. The lowest BCUT2D eigenvalue weighted by Gasteiger charge is -2.13. The second-order valence-corrected chi connectivity index (χ2v) is 4.73. The van der Waals surface area contributed by atoms with Crippen molar-refractivity contribution in [2.45, 2.75) is 13.0 Å². The first-order chi connectivity index (χ1) is 9.52. The highest BCUT2D eigenvalue weighted by Crippen LogP contribution is 2.32. The minimum absolute atomic E-state index is 0.0620. The Kier molecular flexibility index (Phi) is 2.72. The van der Waals surface area contributed by atoms with Crippen LogP contribution in [0.5, 0.6) is 0 Å². The number of methoxy groups -OCH3 is 1. The number of benzene rings is 1. The van der Waals surface area contributed by atoms with Crippen LogP contribution in [0, 0.1) is 0 Å². The normalized spacial score (nSPS) is 14.9. The van der Waals surface area contributed by atoms with E-state index in [1.54, 1.807) is 25.1 Å². The quantitative estimate of drug-likeness (QED) is 0.723. The molecule has 3 rings (SSSR count). The highest BCUT2D eigenvalue weighted by Gasteiger charge is 2.34. The summed E-state index contributed by atoms with van der Waals surface area (Å²) in [5, 5.41) is 0. The molecule has 102 valence electrons. The van der Waals surface area contributed by atoms with Crippen LogP contribution in [0.3, 0.4) is 0 Å². The van der Waals surface area contributed by atoms with E-state index >= 15 is 0 Å². The van der Waals surface area contributed by atoms with Crippen molar-refractivity contribution in [3.8, 4) is 0 Å². The van der Waals surface area contributed by atoms with Crippen LogP contribution in [0.15, 0.2) is 28.7 Å². The van der Waals surface area contributed by atoms with Crippen molar-refractivity contribution in [3.63, 3.8) is 0 Å². The maximum absolute atomic E-state index is 12.4. The van der Waals surface area contributed by atoms with Gasteiger partial charge in [-0.1, -0.05) is 0 Å². The number of ketones is 2. The SMILES string of the molecule is COC(C)c1cc2c(o1)C(=O)c1cc(N)ccc1C2=O. The van der Waals surface area contributed by atoms with Crippen molar-refractivity contribution in [2.24, 2.45) is 0 Å². The van der Waals surface area contributed by atoms with E-state index in [-0.39, 0.29) is 34.6 Å². The number of hydrogen-bond donors (Lipinski definition) is 1. The van der Waals surface area contributed by atoms with Gasteiger partial charge in [-0.2, -0.15) is 0 Å². The highest BCUT2D eigenvalue weighted by molar-refractivity contribution is 6.27. The Balaban J connectivity index is 2.18. The smallest absolute Gasteiger partial charge is 0.229 e. The fraction of sp³-hybridized carbons (Fsp3) is 0.200. The third-order valence-corrected chi connectivity index (χ3v) is 3.49. The second kappa shape index (κ2) is 4.31. The first kappa shape index (κ1) is 12.6. The molecule has 0 spiro atoms. The maximum atomic E-state index is 12.4. The van der Waals surface area contributed by atoms with Crippen molar-refractivity contribution >= 4 is 17.3 Å². The molecule has 1 atom stereocenters. The number of rotatable bonds is 2. The molecule has 0 radical (unpaired) electrons. The molecule has 1 heterocycles.